The number of carbonyl (C=O) groups is 2. The van der Waals surface area contributed by atoms with Crippen LogP contribution in [0.4, 0.5) is 0 Å². The minimum absolute atomic E-state index is 0.0338. The van der Waals surface area contributed by atoms with E-state index in [-0.39, 0.29) is 36.4 Å². The molecule has 0 unspecified atom stereocenters. The van der Waals surface area contributed by atoms with Gasteiger partial charge >= 0.3 is 0 Å². The monoisotopic (exact) mass is 518 g/mol. The van der Waals surface area contributed by atoms with Gasteiger partial charge in [-0.1, -0.05) is 81.9 Å². The highest BCUT2D eigenvalue weighted by molar-refractivity contribution is 6.42. The van der Waals surface area contributed by atoms with Crippen molar-refractivity contribution in [1.29, 1.82) is 0 Å². The van der Waals surface area contributed by atoms with Crippen LogP contribution in [-0.2, 0) is 21.5 Å². The van der Waals surface area contributed by atoms with Gasteiger partial charge in [0.15, 0.2) is 6.61 Å². The van der Waals surface area contributed by atoms with E-state index < -0.39 is 6.04 Å². The number of benzene rings is 2. The molecule has 1 N–H and O–H groups in total. The second-order valence-electron chi connectivity index (χ2n) is 10.2. The van der Waals surface area contributed by atoms with Gasteiger partial charge < -0.3 is 15.0 Å². The second-order valence-corrected chi connectivity index (χ2v) is 11.1. The fourth-order valence-electron chi connectivity index (χ4n) is 4.40. The molecule has 7 heteroatoms. The highest BCUT2D eigenvalue weighted by atomic mass is 35.5. The number of hydrogen-bond acceptors (Lipinski definition) is 3. The Labute approximate surface area is 219 Å². The SMILES string of the molecule is CC[C@H](C(=O)NC1CCCC1)N(Cc1ccc(Cl)c(Cl)c1)C(=O)COc1ccc(C(C)(C)C)cc1. The number of nitrogens with zero attached hydrogens (tertiary/aromatic N) is 1. The van der Waals surface area contributed by atoms with Crippen LogP contribution in [-0.4, -0.2) is 35.4 Å². The van der Waals surface area contributed by atoms with E-state index in [4.69, 9.17) is 27.9 Å². The number of halogens is 2. The van der Waals surface area contributed by atoms with Crippen molar-refractivity contribution in [1.82, 2.24) is 10.2 Å². The van der Waals surface area contributed by atoms with E-state index >= 15 is 0 Å². The molecule has 1 fully saturated rings. The molecular formula is C28H36Cl2N2O3. The zero-order chi connectivity index (χ0) is 25.6. The Bertz CT molecular complexity index is 1010. The largest absolute Gasteiger partial charge is 0.484 e. The van der Waals surface area contributed by atoms with Crippen LogP contribution in [0.1, 0.15) is 70.9 Å². The lowest BCUT2D eigenvalue weighted by Gasteiger charge is -2.31. The van der Waals surface area contributed by atoms with Gasteiger partial charge in [-0.25, -0.2) is 0 Å². The van der Waals surface area contributed by atoms with Crippen molar-refractivity contribution in [2.45, 2.75) is 83.8 Å². The molecule has 0 aliphatic heterocycles. The van der Waals surface area contributed by atoms with Crippen molar-refractivity contribution in [3.05, 3.63) is 63.6 Å². The van der Waals surface area contributed by atoms with Crippen molar-refractivity contribution < 1.29 is 14.3 Å². The molecule has 5 nitrogen and oxygen atoms in total. The maximum absolute atomic E-state index is 13.4. The summed E-state index contributed by atoms with van der Waals surface area (Å²) in [5, 5.41) is 4.00. The minimum atomic E-state index is -0.607. The second kappa shape index (κ2) is 12.1. The molecule has 1 saturated carbocycles. The average Bonchev–Trinajstić information content (AvgIpc) is 3.32. The zero-order valence-electron chi connectivity index (χ0n) is 21.1. The Kier molecular flexibility index (Phi) is 9.48. The first-order chi connectivity index (χ1) is 16.6. The maximum atomic E-state index is 13.4. The first kappa shape index (κ1) is 27.3. The lowest BCUT2D eigenvalue weighted by molar-refractivity contribution is -0.143. The Morgan fingerprint density at radius 1 is 1.06 bits per heavy atom. The van der Waals surface area contributed by atoms with E-state index in [1.54, 1.807) is 17.0 Å². The minimum Gasteiger partial charge on any atom is -0.484 e. The molecule has 2 aromatic rings. The van der Waals surface area contributed by atoms with Gasteiger partial charge in [0, 0.05) is 12.6 Å². The molecule has 190 valence electrons. The number of carbonyl (C=O) groups excluding carboxylic acids is 2. The van der Waals surface area contributed by atoms with Gasteiger partial charge in [-0.3, -0.25) is 9.59 Å². The van der Waals surface area contributed by atoms with Crippen LogP contribution in [0.15, 0.2) is 42.5 Å². The fraction of sp³-hybridized carbons (Fsp3) is 0.500. The van der Waals surface area contributed by atoms with Crippen molar-refractivity contribution in [3.8, 4) is 5.75 Å². The molecule has 0 saturated heterocycles. The van der Waals surface area contributed by atoms with Crippen LogP contribution in [0.3, 0.4) is 0 Å². The molecule has 2 amide bonds. The van der Waals surface area contributed by atoms with Gasteiger partial charge in [-0.05, 0) is 60.1 Å². The lowest BCUT2D eigenvalue weighted by Crippen LogP contribution is -2.52. The quantitative estimate of drug-likeness (QED) is 0.410. The van der Waals surface area contributed by atoms with Crippen molar-refractivity contribution in [3.63, 3.8) is 0 Å². The Morgan fingerprint density at radius 2 is 1.71 bits per heavy atom. The molecule has 2 aromatic carbocycles. The standard InChI is InChI=1S/C28H36Cl2N2O3/c1-5-25(27(34)31-21-8-6-7-9-21)32(17-19-10-15-23(29)24(30)16-19)26(33)18-35-22-13-11-20(12-14-22)28(2,3)4/h10-16,21,25H,5-9,17-18H2,1-4H3,(H,31,34)/t25-/m1/s1. The molecule has 0 bridgehead atoms. The van der Waals surface area contributed by atoms with E-state index in [9.17, 15) is 9.59 Å². The number of hydrogen-bond donors (Lipinski definition) is 1. The molecule has 0 aromatic heterocycles. The number of ether oxygens (including phenoxy) is 1. The van der Waals surface area contributed by atoms with Gasteiger partial charge in [0.2, 0.25) is 5.91 Å². The number of rotatable bonds is 9. The molecule has 0 spiro atoms. The van der Waals surface area contributed by atoms with Gasteiger partial charge in [0.05, 0.1) is 10.0 Å². The third-order valence-electron chi connectivity index (χ3n) is 6.51. The van der Waals surface area contributed by atoms with E-state index in [1.165, 1.54) is 5.56 Å². The lowest BCUT2D eigenvalue weighted by atomic mass is 9.87. The van der Waals surface area contributed by atoms with E-state index in [1.807, 2.05) is 37.3 Å². The first-order valence-electron chi connectivity index (χ1n) is 12.4. The molecule has 1 atom stereocenters. The van der Waals surface area contributed by atoms with E-state index in [0.29, 0.717) is 22.2 Å². The maximum Gasteiger partial charge on any atom is 0.261 e. The molecule has 1 aliphatic rings. The van der Waals surface area contributed by atoms with Crippen LogP contribution in [0.25, 0.3) is 0 Å². The summed E-state index contributed by atoms with van der Waals surface area (Å²) in [6.07, 6.45) is 4.70. The van der Waals surface area contributed by atoms with Crippen LogP contribution >= 0.6 is 23.2 Å². The Balaban J connectivity index is 1.76. The van der Waals surface area contributed by atoms with Gasteiger partial charge in [-0.2, -0.15) is 0 Å². The molecule has 0 heterocycles. The summed E-state index contributed by atoms with van der Waals surface area (Å²) in [5.74, 6) is 0.232. The highest BCUT2D eigenvalue weighted by Gasteiger charge is 2.31. The fourth-order valence-corrected chi connectivity index (χ4v) is 4.72. The Hall–Kier alpha value is -2.24. The highest BCUT2D eigenvalue weighted by Crippen LogP contribution is 2.26. The molecule has 3 rings (SSSR count). The van der Waals surface area contributed by atoms with Crippen molar-refractivity contribution >= 4 is 35.0 Å². The van der Waals surface area contributed by atoms with E-state index in [0.717, 1.165) is 31.2 Å². The normalized spacial score (nSPS) is 15.0. The van der Waals surface area contributed by atoms with Crippen molar-refractivity contribution in [2.75, 3.05) is 6.61 Å². The van der Waals surface area contributed by atoms with Gasteiger partial charge in [0.25, 0.3) is 5.91 Å². The summed E-state index contributed by atoms with van der Waals surface area (Å²) in [5.41, 5.74) is 2.02. The summed E-state index contributed by atoms with van der Waals surface area (Å²) < 4.78 is 5.83. The smallest absolute Gasteiger partial charge is 0.261 e. The predicted octanol–water partition coefficient (Wildman–Crippen LogP) is 6.54. The van der Waals surface area contributed by atoms with Crippen molar-refractivity contribution in [2.24, 2.45) is 0 Å². The van der Waals surface area contributed by atoms with E-state index in [2.05, 4.69) is 26.1 Å². The summed E-state index contributed by atoms with van der Waals surface area (Å²) in [7, 11) is 0. The first-order valence-corrected chi connectivity index (χ1v) is 13.1. The summed E-state index contributed by atoms with van der Waals surface area (Å²) >= 11 is 12.3. The topological polar surface area (TPSA) is 58.6 Å². The van der Waals surface area contributed by atoms with Crippen LogP contribution < -0.4 is 10.1 Å². The third kappa shape index (κ3) is 7.62. The Morgan fingerprint density at radius 3 is 2.29 bits per heavy atom. The predicted molar refractivity (Wildman–Crippen MR) is 142 cm³/mol. The van der Waals surface area contributed by atoms with Crippen LogP contribution in [0.5, 0.6) is 5.75 Å². The third-order valence-corrected chi connectivity index (χ3v) is 7.25. The van der Waals surface area contributed by atoms with Crippen LogP contribution in [0, 0.1) is 0 Å². The van der Waals surface area contributed by atoms with Gasteiger partial charge in [0.1, 0.15) is 11.8 Å². The molecule has 1 aliphatic carbocycles. The summed E-state index contributed by atoms with van der Waals surface area (Å²) in [6, 6.07) is 12.6. The van der Waals surface area contributed by atoms with Gasteiger partial charge in [-0.15, -0.1) is 0 Å². The number of nitrogens with one attached hydrogen (secondary N) is 1. The number of amides is 2. The molecular weight excluding hydrogens is 483 g/mol. The molecule has 35 heavy (non-hydrogen) atoms. The van der Waals surface area contributed by atoms with Crippen LogP contribution in [0.2, 0.25) is 10.0 Å². The summed E-state index contributed by atoms with van der Waals surface area (Å²) in [6.45, 7) is 8.43. The zero-order valence-corrected chi connectivity index (χ0v) is 22.6. The summed E-state index contributed by atoms with van der Waals surface area (Å²) in [4.78, 5) is 28.2. The molecule has 0 radical (unpaired) electrons. The average molecular weight is 520 g/mol.